The van der Waals surface area contributed by atoms with Crippen molar-refractivity contribution in [2.75, 3.05) is 11.9 Å². The Labute approximate surface area is 202 Å². The summed E-state index contributed by atoms with van der Waals surface area (Å²) in [7, 11) is 0. The van der Waals surface area contributed by atoms with Gasteiger partial charge in [-0.2, -0.15) is 0 Å². The van der Waals surface area contributed by atoms with Gasteiger partial charge in [0.25, 0.3) is 5.91 Å². The van der Waals surface area contributed by atoms with Crippen molar-refractivity contribution in [2.24, 2.45) is 5.92 Å². The topological polar surface area (TPSA) is 125 Å². The molecule has 0 bridgehead atoms. The molecule has 1 aromatic rings. The van der Waals surface area contributed by atoms with Crippen molar-refractivity contribution < 1.29 is 29.0 Å². The Bertz CT molecular complexity index is 896. The highest BCUT2D eigenvalue weighted by atomic mass is 79.9. The summed E-state index contributed by atoms with van der Waals surface area (Å²) >= 11 is 3.42. The number of anilines is 1. The van der Waals surface area contributed by atoms with Crippen LogP contribution in [0.5, 0.6) is 0 Å². The van der Waals surface area contributed by atoms with E-state index in [0.717, 1.165) is 14.9 Å². The predicted molar refractivity (Wildman–Crippen MR) is 126 cm³/mol. The molecule has 1 unspecified atom stereocenters. The summed E-state index contributed by atoms with van der Waals surface area (Å²) in [4.78, 5) is 50.1. The number of hydrogen-bond acceptors (Lipinski definition) is 7. The summed E-state index contributed by atoms with van der Waals surface area (Å²) in [6, 6.07) is 3.93. The fourth-order valence-electron chi connectivity index (χ4n) is 3.40. The molecule has 1 aliphatic heterocycles. The molecule has 0 aromatic heterocycles. The van der Waals surface area contributed by atoms with Crippen LogP contribution in [-0.2, 0) is 25.5 Å². The zero-order valence-corrected chi connectivity index (χ0v) is 21.2. The van der Waals surface area contributed by atoms with Gasteiger partial charge in [-0.1, -0.05) is 35.8 Å². The normalized spacial score (nSPS) is 16.1. The third-order valence-corrected chi connectivity index (χ3v) is 5.49. The first-order chi connectivity index (χ1) is 15.3. The number of carbonyl (C=O) groups excluding carboxylic acids is 4. The number of likely N-dealkylation sites (tertiary alicyclic amines) is 1. The number of imide groups is 3. The van der Waals surface area contributed by atoms with Gasteiger partial charge in [0, 0.05) is 23.0 Å². The molecule has 2 rings (SSSR count). The average molecular weight is 526 g/mol. The van der Waals surface area contributed by atoms with E-state index in [9.17, 15) is 24.3 Å². The fraction of sp³-hybridized carbons (Fsp3) is 0.565. The van der Waals surface area contributed by atoms with Crippen LogP contribution in [0.1, 0.15) is 53.0 Å². The van der Waals surface area contributed by atoms with Crippen molar-refractivity contribution in [3.63, 3.8) is 0 Å². The lowest BCUT2D eigenvalue weighted by atomic mass is 9.99. The molecule has 1 saturated heterocycles. The lowest BCUT2D eigenvalue weighted by molar-refractivity contribution is -0.150. The third-order valence-electron chi connectivity index (χ3n) is 5.00. The molecule has 10 heteroatoms. The van der Waals surface area contributed by atoms with E-state index in [1.165, 1.54) is 0 Å². The maximum Gasteiger partial charge on any atom is 0.407 e. The first-order valence-corrected chi connectivity index (χ1v) is 11.7. The number of halogens is 1. The number of amides is 4. The minimum atomic E-state index is -0.824. The summed E-state index contributed by atoms with van der Waals surface area (Å²) in [5, 5.41) is 15.6. The summed E-state index contributed by atoms with van der Waals surface area (Å²) in [5.41, 5.74) is 0.634. The zero-order chi connectivity index (χ0) is 24.9. The SMILES string of the molecule is CC(C)[C@H](Nc1cc(Br)ccc1CC(CO)NC(=O)OC(C)(C)C)C(=O)N1C(=O)CCC1=O. The van der Waals surface area contributed by atoms with E-state index < -0.39 is 41.5 Å². The molecule has 1 heterocycles. The van der Waals surface area contributed by atoms with Crippen LogP contribution in [0.3, 0.4) is 0 Å². The van der Waals surface area contributed by atoms with Crippen LogP contribution in [0, 0.1) is 5.92 Å². The quantitative estimate of drug-likeness (QED) is 0.445. The molecule has 4 amide bonds. The molecule has 182 valence electrons. The lowest BCUT2D eigenvalue weighted by Gasteiger charge is -2.28. The molecule has 9 nitrogen and oxygen atoms in total. The number of rotatable bonds is 8. The van der Waals surface area contributed by atoms with Crippen molar-refractivity contribution in [3.05, 3.63) is 28.2 Å². The number of hydrogen-bond donors (Lipinski definition) is 3. The summed E-state index contributed by atoms with van der Waals surface area (Å²) < 4.78 is 6.01. The van der Waals surface area contributed by atoms with E-state index in [2.05, 4.69) is 26.6 Å². The number of aliphatic hydroxyl groups excluding tert-OH is 1. The van der Waals surface area contributed by atoms with E-state index >= 15 is 0 Å². The Morgan fingerprint density at radius 2 is 1.79 bits per heavy atom. The highest BCUT2D eigenvalue weighted by molar-refractivity contribution is 9.10. The second-order valence-electron chi connectivity index (χ2n) is 9.36. The standard InChI is InChI=1S/C23H32BrN3O6/c1-13(2)20(21(31)27-18(29)8-9-19(27)30)26-17-11-15(24)7-6-14(17)10-16(12-28)25-22(32)33-23(3,4)5/h6-7,11,13,16,20,26,28H,8-10,12H2,1-5H3,(H,25,32)/t16?,20-/m0/s1. The molecular formula is C23H32BrN3O6. The van der Waals surface area contributed by atoms with Gasteiger partial charge < -0.3 is 20.5 Å². The minimum Gasteiger partial charge on any atom is -0.444 e. The van der Waals surface area contributed by atoms with E-state index in [4.69, 9.17) is 4.74 Å². The Morgan fingerprint density at radius 3 is 2.30 bits per heavy atom. The monoisotopic (exact) mass is 525 g/mol. The molecule has 1 aromatic carbocycles. The van der Waals surface area contributed by atoms with E-state index in [-0.39, 0.29) is 31.8 Å². The number of nitrogens with one attached hydrogen (secondary N) is 2. The Morgan fingerprint density at radius 1 is 1.18 bits per heavy atom. The molecule has 3 N–H and O–H groups in total. The largest absolute Gasteiger partial charge is 0.444 e. The molecule has 1 aliphatic rings. The van der Waals surface area contributed by atoms with Crippen LogP contribution in [0.4, 0.5) is 10.5 Å². The second-order valence-corrected chi connectivity index (χ2v) is 10.3. The third kappa shape index (κ3) is 7.53. The summed E-state index contributed by atoms with van der Waals surface area (Å²) in [6.45, 7) is 8.55. The van der Waals surface area contributed by atoms with E-state index in [1.807, 2.05) is 19.9 Å². The first kappa shape index (κ1) is 26.8. The smallest absolute Gasteiger partial charge is 0.407 e. The number of ether oxygens (including phenoxy) is 1. The van der Waals surface area contributed by atoms with Gasteiger partial charge in [-0.05, 0) is 50.8 Å². The van der Waals surface area contributed by atoms with Crippen molar-refractivity contribution in [1.82, 2.24) is 10.2 Å². The number of nitrogens with zero attached hydrogens (tertiary/aromatic N) is 1. The number of benzene rings is 1. The van der Waals surface area contributed by atoms with Crippen LogP contribution >= 0.6 is 15.9 Å². The van der Waals surface area contributed by atoms with Crippen molar-refractivity contribution in [1.29, 1.82) is 0 Å². The Kier molecular flexibility index (Phi) is 9.02. The van der Waals surface area contributed by atoms with Gasteiger partial charge in [0.1, 0.15) is 11.6 Å². The molecule has 0 saturated carbocycles. The molecule has 1 fully saturated rings. The number of alkyl carbamates (subject to hydrolysis) is 1. The van der Waals surface area contributed by atoms with Gasteiger partial charge in [0.05, 0.1) is 12.6 Å². The van der Waals surface area contributed by atoms with Gasteiger partial charge in [-0.15, -0.1) is 0 Å². The lowest BCUT2D eigenvalue weighted by Crippen LogP contribution is -2.48. The first-order valence-electron chi connectivity index (χ1n) is 10.9. The molecular weight excluding hydrogens is 494 g/mol. The number of carbonyl (C=O) groups is 4. The van der Waals surface area contributed by atoms with Gasteiger partial charge >= 0.3 is 6.09 Å². The fourth-order valence-corrected chi connectivity index (χ4v) is 3.77. The van der Waals surface area contributed by atoms with E-state index in [1.54, 1.807) is 32.9 Å². The maximum absolute atomic E-state index is 13.1. The second kappa shape index (κ2) is 11.1. The number of aliphatic hydroxyl groups is 1. The average Bonchev–Trinajstić information content (AvgIpc) is 3.03. The van der Waals surface area contributed by atoms with Gasteiger partial charge in [-0.3, -0.25) is 14.4 Å². The molecule has 0 spiro atoms. The predicted octanol–water partition coefficient (Wildman–Crippen LogP) is 2.99. The van der Waals surface area contributed by atoms with Gasteiger partial charge in [0.15, 0.2) is 0 Å². The molecule has 2 atom stereocenters. The van der Waals surface area contributed by atoms with E-state index in [0.29, 0.717) is 5.69 Å². The summed E-state index contributed by atoms with van der Waals surface area (Å²) in [5.74, 6) is -1.80. The zero-order valence-electron chi connectivity index (χ0n) is 19.6. The van der Waals surface area contributed by atoms with Gasteiger partial charge in [-0.25, -0.2) is 9.69 Å². The van der Waals surface area contributed by atoms with Crippen LogP contribution in [0.2, 0.25) is 0 Å². The highest BCUT2D eigenvalue weighted by Gasteiger charge is 2.39. The van der Waals surface area contributed by atoms with Crippen LogP contribution in [0.25, 0.3) is 0 Å². The highest BCUT2D eigenvalue weighted by Crippen LogP contribution is 2.26. The van der Waals surface area contributed by atoms with Crippen molar-refractivity contribution in [2.45, 2.75) is 71.6 Å². The minimum absolute atomic E-state index is 0.0338. The van der Waals surface area contributed by atoms with Gasteiger partial charge in [0.2, 0.25) is 11.8 Å². The van der Waals surface area contributed by atoms with Crippen LogP contribution < -0.4 is 10.6 Å². The molecule has 33 heavy (non-hydrogen) atoms. The molecule has 0 radical (unpaired) electrons. The van der Waals surface area contributed by atoms with Crippen LogP contribution in [-0.4, -0.2) is 58.1 Å². The van der Waals surface area contributed by atoms with Crippen molar-refractivity contribution in [3.8, 4) is 0 Å². The van der Waals surface area contributed by atoms with Crippen LogP contribution in [0.15, 0.2) is 22.7 Å². The molecule has 0 aliphatic carbocycles. The Balaban J connectivity index is 2.25. The maximum atomic E-state index is 13.1. The summed E-state index contributed by atoms with van der Waals surface area (Å²) in [6.07, 6.45) is -0.321. The van der Waals surface area contributed by atoms with Crippen molar-refractivity contribution >= 4 is 45.4 Å². The Hall–Kier alpha value is -2.46.